The van der Waals surface area contributed by atoms with Crippen LogP contribution in [-0.2, 0) is 14.3 Å². The Bertz CT molecular complexity index is 2380. The van der Waals surface area contributed by atoms with Crippen LogP contribution in [0, 0.1) is 17.3 Å². The number of carbonyl (C=O) groups is 4. The van der Waals surface area contributed by atoms with Crippen molar-refractivity contribution in [3.63, 3.8) is 0 Å². The molecule has 2 aromatic heterocycles. The standard InChI is InChI=1S/C45H52ClF3N8O7/c1-24(2)38(54-43(62)63-6)41(60)57-34(13-11-28-17-35(28)57)39-51-21-33(52-39)27-9-7-26(8-10-27)30-18-31(46)32(19-36(30)64-45(47,48)49)53-40(59)29-12-14-37(50-20-29)56-16-15-55(22-25(56)3)42(61)44(4,5)23-58/h7-10,12,14,18-21,24-25,28,34-35,38,58H,11,13,15-17,22-23H2,1-6H3,(H,51,52)(H,53,59)(H,54,62)/t25-,28+,34+,35-,38+/m1/s1. The molecule has 342 valence electrons. The number of anilines is 2. The van der Waals surface area contributed by atoms with Crippen LogP contribution in [0.1, 0.15) is 76.1 Å². The maximum Gasteiger partial charge on any atom is 0.573 e. The van der Waals surface area contributed by atoms with Crippen molar-refractivity contribution in [2.24, 2.45) is 17.3 Å². The van der Waals surface area contributed by atoms with E-state index in [1.54, 1.807) is 55.3 Å². The molecule has 5 atom stereocenters. The van der Waals surface area contributed by atoms with E-state index in [2.05, 4.69) is 25.3 Å². The summed E-state index contributed by atoms with van der Waals surface area (Å²) in [7, 11) is 1.25. The maximum absolute atomic E-state index is 13.9. The minimum atomic E-state index is -5.07. The first-order valence-electron chi connectivity index (χ1n) is 21.1. The number of ether oxygens (including phenoxy) is 2. The number of likely N-dealkylation sites (tertiary alicyclic amines) is 1. The van der Waals surface area contributed by atoms with E-state index in [4.69, 9.17) is 21.3 Å². The number of halogens is 4. The molecule has 7 rings (SSSR count). The lowest BCUT2D eigenvalue weighted by Gasteiger charge is -2.42. The van der Waals surface area contributed by atoms with Crippen LogP contribution in [0.2, 0.25) is 5.02 Å². The number of nitrogens with zero attached hydrogens (tertiary/aromatic N) is 5. The van der Waals surface area contributed by atoms with Gasteiger partial charge in [-0.05, 0) is 75.6 Å². The van der Waals surface area contributed by atoms with E-state index in [0.29, 0.717) is 60.4 Å². The molecule has 0 spiro atoms. The number of carbonyl (C=O) groups excluding carboxylic acids is 4. The summed E-state index contributed by atoms with van der Waals surface area (Å²) in [6, 6.07) is 10.9. The Morgan fingerprint density at radius 3 is 2.38 bits per heavy atom. The van der Waals surface area contributed by atoms with Crippen LogP contribution in [0.15, 0.2) is 60.9 Å². The Labute approximate surface area is 373 Å². The number of pyridine rings is 1. The van der Waals surface area contributed by atoms with Crippen molar-refractivity contribution in [1.29, 1.82) is 0 Å². The fourth-order valence-corrected chi connectivity index (χ4v) is 8.70. The quantitative estimate of drug-likeness (QED) is 0.112. The highest BCUT2D eigenvalue weighted by molar-refractivity contribution is 6.34. The third kappa shape index (κ3) is 9.92. The number of rotatable bonds is 12. The Hall–Kier alpha value is -5.88. The molecular weight excluding hydrogens is 857 g/mol. The van der Waals surface area contributed by atoms with Crippen LogP contribution in [0.25, 0.3) is 22.4 Å². The molecule has 0 bridgehead atoms. The van der Waals surface area contributed by atoms with Crippen LogP contribution in [-0.4, -0.2) is 112 Å². The summed E-state index contributed by atoms with van der Waals surface area (Å²) in [5.74, 6) is -0.250. The molecule has 1 saturated carbocycles. The largest absolute Gasteiger partial charge is 0.573 e. The SMILES string of the molecule is COC(=O)N[C@H](C(=O)N1[C@@H]2C[C@@H]2CC[C@H]1c1nc(-c2ccc(-c3cc(Cl)c(NC(=O)c4ccc(N5CCN(C(=O)C(C)(C)CO)C[C@H]5C)nc4)cc3OC(F)(F)F)cc2)c[nH]1)C(C)C. The lowest BCUT2D eigenvalue weighted by molar-refractivity contribution is -0.274. The number of piperidine rings is 1. The Morgan fingerprint density at radius 2 is 1.75 bits per heavy atom. The molecular formula is C45H52ClF3N8O7. The highest BCUT2D eigenvalue weighted by Crippen LogP contribution is 2.50. The highest BCUT2D eigenvalue weighted by atomic mass is 35.5. The number of piperazine rings is 1. The van der Waals surface area contributed by atoms with E-state index in [1.165, 1.54) is 25.4 Å². The van der Waals surface area contributed by atoms with Crippen LogP contribution in [0.3, 0.4) is 0 Å². The molecule has 15 nitrogen and oxygen atoms in total. The number of benzene rings is 2. The lowest BCUT2D eigenvalue weighted by atomic mass is 9.92. The first kappa shape index (κ1) is 46.1. The number of alkyl halides is 3. The van der Waals surface area contributed by atoms with Crippen molar-refractivity contribution in [3.8, 4) is 28.1 Å². The number of aliphatic hydroxyl groups is 1. The van der Waals surface area contributed by atoms with Gasteiger partial charge < -0.3 is 44.9 Å². The number of imidazole rings is 1. The molecule has 0 radical (unpaired) electrons. The van der Waals surface area contributed by atoms with E-state index in [1.807, 2.05) is 30.6 Å². The normalized spacial score (nSPS) is 20.3. The summed E-state index contributed by atoms with van der Waals surface area (Å²) >= 11 is 6.60. The zero-order valence-electron chi connectivity index (χ0n) is 36.3. The van der Waals surface area contributed by atoms with Gasteiger partial charge in [-0.1, -0.05) is 49.7 Å². The molecule has 2 saturated heterocycles. The van der Waals surface area contributed by atoms with Gasteiger partial charge in [0.1, 0.15) is 23.4 Å². The molecule has 4 amide bonds. The Kier molecular flexibility index (Phi) is 13.2. The van der Waals surface area contributed by atoms with Crippen molar-refractivity contribution in [3.05, 3.63) is 77.3 Å². The lowest BCUT2D eigenvalue weighted by Crippen LogP contribution is -2.56. The molecule has 1 aliphatic carbocycles. The van der Waals surface area contributed by atoms with Gasteiger partial charge in [0.05, 0.1) is 47.1 Å². The number of alkyl carbamates (subject to hydrolysis) is 1. The van der Waals surface area contributed by atoms with Crippen molar-refractivity contribution in [2.75, 3.05) is 43.6 Å². The monoisotopic (exact) mass is 908 g/mol. The van der Waals surface area contributed by atoms with E-state index >= 15 is 0 Å². The van der Waals surface area contributed by atoms with Gasteiger partial charge in [-0.15, -0.1) is 13.2 Å². The highest BCUT2D eigenvalue weighted by Gasteiger charge is 2.52. The smallest absolute Gasteiger partial charge is 0.453 e. The number of aromatic nitrogens is 3. The molecule has 2 aromatic carbocycles. The van der Waals surface area contributed by atoms with Crippen molar-refractivity contribution < 1.29 is 46.9 Å². The summed E-state index contributed by atoms with van der Waals surface area (Å²) in [6.07, 6.45) is -0.217. The van der Waals surface area contributed by atoms with Gasteiger partial charge in [0.25, 0.3) is 5.91 Å². The van der Waals surface area contributed by atoms with Gasteiger partial charge in [0.15, 0.2) is 0 Å². The molecule has 4 aromatic rings. The van der Waals surface area contributed by atoms with Gasteiger partial charge in [-0.2, -0.15) is 0 Å². The predicted octanol–water partition coefficient (Wildman–Crippen LogP) is 7.43. The first-order valence-corrected chi connectivity index (χ1v) is 21.5. The summed E-state index contributed by atoms with van der Waals surface area (Å²) in [5.41, 5.74) is 0.682. The maximum atomic E-state index is 13.9. The van der Waals surface area contributed by atoms with Crippen molar-refractivity contribution >= 4 is 46.9 Å². The second-order valence-electron chi connectivity index (χ2n) is 17.6. The zero-order chi connectivity index (χ0) is 46.2. The third-order valence-electron chi connectivity index (χ3n) is 12.2. The van der Waals surface area contributed by atoms with Crippen LogP contribution < -0.4 is 20.3 Å². The topological polar surface area (TPSA) is 182 Å². The van der Waals surface area contributed by atoms with Gasteiger partial charge >= 0.3 is 12.5 Å². The summed E-state index contributed by atoms with van der Waals surface area (Å²) in [4.78, 5) is 70.4. The zero-order valence-corrected chi connectivity index (χ0v) is 37.1. The van der Waals surface area contributed by atoms with E-state index in [9.17, 15) is 37.5 Å². The van der Waals surface area contributed by atoms with Gasteiger partial charge in [-0.3, -0.25) is 14.4 Å². The fourth-order valence-electron chi connectivity index (χ4n) is 8.49. The van der Waals surface area contributed by atoms with Crippen LogP contribution in [0.5, 0.6) is 5.75 Å². The summed E-state index contributed by atoms with van der Waals surface area (Å²) in [5, 5.41) is 14.9. The van der Waals surface area contributed by atoms with Crippen molar-refractivity contribution in [2.45, 2.75) is 84.4 Å². The fraction of sp³-hybridized carbons (Fsp3) is 0.467. The number of fused-ring (bicyclic) bond motifs is 1. The average Bonchev–Trinajstić information content (AvgIpc) is 3.90. The molecule has 2 aliphatic heterocycles. The molecule has 4 N–H and O–H groups in total. The number of hydrogen-bond acceptors (Lipinski definition) is 10. The van der Waals surface area contributed by atoms with Crippen LogP contribution >= 0.6 is 11.6 Å². The van der Waals surface area contributed by atoms with E-state index < -0.39 is 35.6 Å². The number of aliphatic hydroxyl groups excluding tert-OH is 1. The minimum absolute atomic E-state index is 0.0204. The minimum Gasteiger partial charge on any atom is -0.453 e. The van der Waals surface area contributed by atoms with Gasteiger partial charge in [0, 0.05) is 61.3 Å². The molecule has 19 heteroatoms. The van der Waals surface area contributed by atoms with Crippen LogP contribution in [0.4, 0.5) is 29.5 Å². The number of methoxy groups -OCH3 is 1. The molecule has 3 fully saturated rings. The number of hydrogen-bond donors (Lipinski definition) is 4. The Balaban J connectivity index is 1.05. The van der Waals surface area contributed by atoms with E-state index in [-0.39, 0.29) is 64.3 Å². The van der Waals surface area contributed by atoms with E-state index in [0.717, 1.165) is 18.9 Å². The summed E-state index contributed by atoms with van der Waals surface area (Å²) in [6.45, 7) is 10.1. The summed E-state index contributed by atoms with van der Waals surface area (Å²) < 4.78 is 50.6. The molecule has 4 heterocycles. The van der Waals surface area contributed by atoms with Gasteiger partial charge in [0.2, 0.25) is 11.8 Å². The first-order chi connectivity index (χ1) is 30.3. The molecule has 3 aliphatic rings. The predicted molar refractivity (Wildman–Crippen MR) is 232 cm³/mol. The van der Waals surface area contributed by atoms with Crippen molar-refractivity contribution in [1.82, 2.24) is 30.1 Å². The molecule has 0 unspecified atom stereocenters. The number of nitrogens with one attached hydrogen (secondary N) is 3. The Morgan fingerprint density at radius 1 is 1.03 bits per heavy atom. The second-order valence-corrected chi connectivity index (χ2v) is 18.0. The average molecular weight is 909 g/mol. The number of H-pyrrole nitrogens is 1. The number of aromatic amines is 1. The third-order valence-corrected chi connectivity index (χ3v) is 12.5. The molecule has 64 heavy (non-hydrogen) atoms. The number of amides is 4. The van der Waals surface area contributed by atoms with Gasteiger partial charge in [-0.25, -0.2) is 14.8 Å². The second kappa shape index (κ2) is 18.3.